The Morgan fingerprint density at radius 3 is 2.71 bits per heavy atom. The second kappa shape index (κ2) is 5.27. The monoisotopic (exact) mass is 296 g/mol. The highest BCUT2D eigenvalue weighted by Gasteiger charge is 2.34. The molecule has 0 spiro atoms. The molecule has 0 radical (unpaired) electrons. The number of pyridine rings is 1. The summed E-state index contributed by atoms with van der Waals surface area (Å²) in [6.07, 6.45) is 8.83. The number of nitrogens with two attached hydrogens (primary N) is 1. The standard InChI is InChI=1S/C13H17BrN2O/c14-11-6-10(8-16-9-11)7-12(17)13(15)4-2-1-3-5-13/h6,8-9H,1-5,7,15H2. The van der Waals surface area contributed by atoms with Gasteiger partial charge in [0, 0.05) is 23.3 Å². The SMILES string of the molecule is NC1(C(=O)Cc2cncc(Br)c2)CCCCC1. The van der Waals surface area contributed by atoms with Crippen LogP contribution in [0.25, 0.3) is 0 Å². The van der Waals surface area contributed by atoms with E-state index in [9.17, 15) is 4.79 Å². The predicted octanol–water partition coefficient (Wildman–Crippen LogP) is 2.62. The van der Waals surface area contributed by atoms with E-state index in [1.54, 1.807) is 12.4 Å². The molecule has 3 nitrogen and oxygen atoms in total. The third kappa shape index (κ3) is 3.13. The molecule has 2 N–H and O–H groups in total. The topological polar surface area (TPSA) is 56.0 Å². The van der Waals surface area contributed by atoms with Gasteiger partial charge in [-0.1, -0.05) is 19.3 Å². The first-order valence-corrected chi connectivity index (χ1v) is 6.81. The average Bonchev–Trinajstić information content (AvgIpc) is 2.30. The van der Waals surface area contributed by atoms with Crippen molar-refractivity contribution in [3.8, 4) is 0 Å². The number of carbonyl (C=O) groups excluding carboxylic acids is 1. The van der Waals surface area contributed by atoms with Crippen molar-refractivity contribution in [1.29, 1.82) is 0 Å². The van der Waals surface area contributed by atoms with E-state index in [0.717, 1.165) is 35.7 Å². The van der Waals surface area contributed by atoms with Crippen molar-refractivity contribution < 1.29 is 4.79 Å². The van der Waals surface area contributed by atoms with Crippen molar-refractivity contribution in [2.45, 2.75) is 44.1 Å². The van der Waals surface area contributed by atoms with Crippen LogP contribution in [0.2, 0.25) is 0 Å². The molecule has 1 fully saturated rings. The van der Waals surface area contributed by atoms with Crippen molar-refractivity contribution >= 4 is 21.7 Å². The summed E-state index contributed by atoms with van der Waals surface area (Å²) in [6.45, 7) is 0. The summed E-state index contributed by atoms with van der Waals surface area (Å²) in [7, 11) is 0. The quantitative estimate of drug-likeness (QED) is 0.933. The summed E-state index contributed by atoms with van der Waals surface area (Å²) in [4.78, 5) is 16.3. The van der Waals surface area contributed by atoms with Crippen LogP contribution in [0.4, 0.5) is 0 Å². The van der Waals surface area contributed by atoms with E-state index in [-0.39, 0.29) is 5.78 Å². The largest absolute Gasteiger partial charge is 0.319 e. The van der Waals surface area contributed by atoms with E-state index in [1.807, 2.05) is 6.07 Å². The molecule has 92 valence electrons. The van der Waals surface area contributed by atoms with Gasteiger partial charge in [0.2, 0.25) is 0 Å². The number of halogens is 1. The number of carbonyl (C=O) groups is 1. The molecule has 1 aliphatic carbocycles. The van der Waals surface area contributed by atoms with E-state index in [4.69, 9.17) is 5.73 Å². The molecule has 1 heterocycles. The Bertz CT molecular complexity index is 414. The fraction of sp³-hybridized carbons (Fsp3) is 0.538. The summed E-state index contributed by atoms with van der Waals surface area (Å²) < 4.78 is 0.900. The molecule has 1 saturated carbocycles. The number of aromatic nitrogens is 1. The zero-order valence-corrected chi connectivity index (χ0v) is 11.4. The molecule has 2 rings (SSSR count). The first kappa shape index (κ1) is 12.7. The highest BCUT2D eigenvalue weighted by molar-refractivity contribution is 9.10. The zero-order chi connectivity index (χ0) is 12.3. The fourth-order valence-corrected chi connectivity index (χ4v) is 2.79. The van der Waals surface area contributed by atoms with Crippen LogP contribution in [0.5, 0.6) is 0 Å². The number of Topliss-reactive ketones (excluding diaryl/α,β-unsaturated/α-hetero) is 1. The molecule has 1 aromatic heterocycles. The van der Waals surface area contributed by atoms with Crippen LogP contribution in [-0.2, 0) is 11.2 Å². The van der Waals surface area contributed by atoms with Gasteiger partial charge in [-0.15, -0.1) is 0 Å². The second-order valence-electron chi connectivity index (χ2n) is 4.83. The van der Waals surface area contributed by atoms with Crippen LogP contribution in [0, 0.1) is 0 Å². The lowest BCUT2D eigenvalue weighted by Crippen LogP contribution is -2.50. The predicted molar refractivity (Wildman–Crippen MR) is 70.7 cm³/mol. The van der Waals surface area contributed by atoms with Gasteiger partial charge in [-0.25, -0.2) is 0 Å². The molecular weight excluding hydrogens is 280 g/mol. The van der Waals surface area contributed by atoms with Crippen molar-refractivity contribution in [3.05, 3.63) is 28.5 Å². The molecule has 1 aliphatic rings. The van der Waals surface area contributed by atoms with Crippen LogP contribution < -0.4 is 5.73 Å². The molecule has 0 aromatic carbocycles. The van der Waals surface area contributed by atoms with Gasteiger partial charge >= 0.3 is 0 Å². The normalized spacial score (nSPS) is 18.9. The van der Waals surface area contributed by atoms with Gasteiger partial charge in [0.15, 0.2) is 5.78 Å². The lowest BCUT2D eigenvalue weighted by molar-refractivity contribution is -0.124. The number of hydrogen-bond acceptors (Lipinski definition) is 3. The number of ketones is 1. The Morgan fingerprint density at radius 2 is 2.06 bits per heavy atom. The molecule has 0 atom stereocenters. The van der Waals surface area contributed by atoms with E-state index in [2.05, 4.69) is 20.9 Å². The molecule has 0 amide bonds. The van der Waals surface area contributed by atoms with Crippen molar-refractivity contribution in [2.75, 3.05) is 0 Å². The summed E-state index contributed by atoms with van der Waals surface area (Å²) in [5.41, 5.74) is 6.54. The number of nitrogens with zero attached hydrogens (tertiary/aromatic N) is 1. The highest BCUT2D eigenvalue weighted by atomic mass is 79.9. The van der Waals surface area contributed by atoms with Crippen LogP contribution in [0.15, 0.2) is 22.9 Å². The van der Waals surface area contributed by atoms with Gasteiger partial charge in [-0.05, 0) is 40.4 Å². The number of hydrogen-bond donors (Lipinski definition) is 1. The summed E-state index contributed by atoms with van der Waals surface area (Å²) in [5, 5.41) is 0. The second-order valence-corrected chi connectivity index (χ2v) is 5.74. The Kier molecular flexibility index (Phi) is 3.94. The van der Waals surface area contributed by atoms with Crippen molar-refractivity contribution in [2.24, 2.45) is 5.73 Å². The van der Waals surface area contributed by atoms with Crippen molar-refractivity contribution in [1.82, 2.24) is 4.98 Å². The average molecular weight is 297 g/mol. The van der Waals surface area contributed by atoms with Crippen molar-refractivity contribution in [3.63, 3.8) is 0 Å². The van der Waals surface area contributed by atoms with Crippen LogP contribution in [0.3, 0.4) is 0 Å². The maximum absolute atomic E-state index is 12.2. The minimum Gasteiger partial charge on any atom is -0.319 e. The smallest absolute Gasteiger partial charge is 0.157 e. The first-order valence-electron chi connectivity index (χ1n) is 6.02. The van der Waals surface area contributed by atoms with E-state index in [0.29, 0.717) is 6.42 Å². The minimum absolute atomic E-state index is 0.150. The van der Waals surface area contributed by atoms with E-state index >= 15 is 0 Å². The minimum atomic E-state index is -0.597. The third-order valence-electron chi connectivity index (χ3n) is 3.43. The molecular formula is C13H17BrN2O. The Balaban J connectivity index is 2.05. The Hall–Kier alpha value is -0.740. The van der Waals surface area contributed by atoms with Gasteiger partial charge in [0.1, 0.15) is 0 Å². The van der Waals surface area contributed by atoms with Gasteiger partial charge in [-0.3, -0.25) is 9.78 Å². The summed E-state index contributed by atoms with van der Waals surface area (Å²) in [5.74, 6) is 0.150. The van der Waals surface area contributed by atoms with Crippen LogP contribution in [-0.4, -0.2) is 16.3 Å². The molecule has 1 aromatic rings. The Labute approximate surface area is 110 Å². The molecule has 0 aliphatic heterocycles. The molecule has 0 bridgehead atoms. The highest BCUT2D eigenvalue weighted by Crippen LogP contribution is 2.27. The maximum atomic E-state index is 12.2. The van der Waals surface area contributed by atoms with Gasteiger partial charge < -0.3 is 5.73 Å². The number of rotatable bonds is 3. The van der Waals surface area contributed by atoms with Gasteiger partial charge in [-0.2, -0.15) is 0 Å². The molecule has 0 unspecified atom stereocenters. The lowest BCUT2D eigenvalue weighted by Gasteiger charge is -2.31. The maximum Gasteiger partial charge on any atom is 0.157 e. The van der Waals surface area contributed by atoms with E-state index < -0.39 is 5.54 Å². The van der Waals surface area contributed by atoms with E-state index in [1.165, 1.54) is 6.42 Å². The van der Waals surface area contributed by atoms with Gasteiger partial charge in [0.25, 0.3) is 0 Å². The summed E-state index contributed by atoms with van der Waals surface area (Å²) >= 11 is 3.36. The summed E-state index contributed by atoms with van der Waals surface area (Å²) in [6, 6.07) is 1.93. The first-order chi connectivity index (χ1) is 8.10. The lowest BCUT2D eigenvalue weighted by atomic mass is 9.78. The van der Waals surface area contributed by atoms with Crippen LogP contribution >= 0.6 is 15.9 Å². The third-order valence-corrected chi connectivity index (χ3v) is 3.86. The molecule has 17 heavy (non-hydrogen) atoms. The van der Waals surface area contributed by atoms with Gasteiger partial charge in [0.05, 0.1) is 5.54 Å². The molecule has 0 saturated heterocycles. The van der Waals surface area contributed by atoms with Crippen LogP contribution in [0.1, 0.15) is 37.7 Å². The fourth-order valence-electron chi connectivity index (χ4n) is 2.38. The molecule has 4 heteroatoms. The Morgan fingerprint density at radius 1 is 1.35 bits per heavy atom. The zero-order valence-electron chi connectivity index (χ0n) is 9.79.